The van der Waals surface area contributed by atoms with Gasteiger partial charge in [-0.3, -0.25) is 0 Å². The molecule has 0 atom stereocenters. The van der Waals surface area contributed by atoms with Gasteiger partial charge in [0.15, 0.2) is 0 Å². The van der Waals surface area contributed by atoms with Crippen LogP contribution in [0.2, 0.25) is 5.02 Å². The Labute approximate surface area is 109 Å². The highest BCUT2D eigenvalue weighted by Gasteiger charge is 2.12. The molecule has 3 nitrogen and oxygen atoms in total. The summed E-state index contributed by atoms with van der Waals surface area (Å²) >= 11 is 7.67. The van der Waals surface area contributed by atoms with Gasteiger partial charge in [0, 0.05) is 10.4 Å². The van der Waals surface area contributed by atoms with Crippen molar-refractivity contribution in [2.75, 3.05) is 7.11 Å². The summed E-state index contributed by atoms with van der Waals surface area (Å²) in [6.45, 7) is 1.92. The molecule has 0 spiro atoms. The van der Waals surface area contributed by atoms with Crippen molar-refractivity contribution in [3.8, 4) is 17.0 Å². The normalized spacial score (nSPS) is 10.6. The standard InChI is InChI=1S/C12H12ClNO2S/c1-7-12(14-11(6-15)17-7)9-4-3-8(16-2)5-10(9)13/h3-5,15H,6H2,1-2H3. The summed E-state index contributed by atoms with van der Waals surface area (Å²) in [6.07, 6.45) is 0. The Hall–Kier alpha value is -1.10. The third-order valence-corrected chi connectivity index (χ3v) is 3.68. The highest BCUT2D eigenvalue weighted by atomic mass is 35.5. The number of thiazole rings is 1. The van der Waals surface area contributed by atoms with Gasteiger partial charge in [-0.1, -0.05) is 11.6 Å². The first-order chi connectivity index (χ1) is 8.15. The molecule has 1 heterocycles. The van der Waals surface area contributed by atoms with E-state index in [0.717, 1.165) is 16.1 Å². The number of aliphatic hydroxyl groups is 1. The summed E-state index contributed by atoms with van der Waals surface area (Å²) in [6, 6.07) is 5.48. The maximum atomic E-state index is 9.07. The smallest absolute Gasteiger partial charge is 0.120 e. The van der Waals surface area contributed by atoms with Crippen molar-refractivity contribution in [1.29, 1.82) is 0 Å². The second-order valence-corrected chi connectivity index (χ2v) is 5.21. The molecule has 2 aromatic rings. The Morgan fingerprint density at radius 3 is 2.76 bits per heavy atom. The van der Waals surface area contributed by atoms with E-state index in [4.69, 9.17) is 21.4 Å². The molecule has 1 N–H and O–H groups in total. The molecule has 0 aliphatic heterocycles. The van der Waals surface area contributed by atoms with Crippen molar-refractivity contribution < 1.29 is 9.84 Å². The van der Waals surface area contributed by atoms with Crippen molar-refractivity contribution in [1.82, 2.24) is 4.98 Å². The summed E-state index contributed by atoms with van der Waals surface area (Å²) < 4.78 is 5.10. The van der Waals surface area contributed by atoms with E-state index in [1.165, 1.54) is 11.3 Å². The van der Waals surface area contributed by atoms with E-state index in [1.807, 2.05) is 19.1 Å². The van der Waals surface area contributed by atoms with Crippen LogP contribution in [0.15, 0.2) is 18.2 Å². The van der Waals surface area contributed by atoms with Gasteiger partial charge in [-0.2, -0.15) is 0 Å². The number of benzene rings is 1. The van der Waals surface area contributed by atoms with Crippen LogP contribution in [-0.2, 0) is 6.61 Å². The third kappa shape index (κ3) is 2.44. The zero-order chi connectivity index (χ0) is 12.4. The van der Waals surface area contributed by atoms with Crippen molar-refractivity contribution >= 4 is 22.9 Å². The lowest BCUT2D eigenvalue weighted by molar-refractivity contribution is 0.281. The summed E-state index contributed by atoms with van der Waals surface area (Å²) in [4.78, 5) is 5.40. The maximum Gasteiger partial charge on any atom is 0.120 e. The fourth-order valence-electron chi connectivity index (χ4n) is 1.58. The van der Waals surface area contributed by atoms with Gasteiger partial charge in [0.1, 0.15) is 10.8 Å². The van der Waals surface area contributed by atoms with Gasteiger partial charge in [-0.05, 0) is 25.1 Å². The Morgan fingerprint density at radius 2 is 2.24 bits per heavy atom. The number of ether oxygens (including phenoxy) is 1. The van der Waals surface area contributed by atoms with Gasteiger partial charge in [0.25, 0.3) is 0 Å². The molecular weight excluding hydrogens is 258 g/mol. The number of halogens is 1. The zero-order valence-electron chi connectivity index (χ0n) is 9.53. The number of aryl methyl sites for hydroxylation is 1. The number of nitrogens with zero attached hydrogens (tertiary/aromatic N) is 1. The van der Waals surface area contributed by atoms with Crippen molar-refractivity contribution in [3.63, 3.8) is 0 Å². The van der Waals surface area contributed by atoms with E-state index >= 15 is 0 Å². The Bertz CT molecular complexity index is 539. The SMILES string of the molecule is COc1ccc(-c2nc(CO)sc2C)c(Cl)c1. The first-order valence-corrected chi connectivity index (χ1v) is 6.26. The van der Waals surface area contributed by atoms with E-state index in [1.54, 1.807) is 13.2 Å². The molecule has 0 unspecified atom stereocenters. The lowest BCUT2D eigenvalue weighted by Crippen LogP contribution is -1.87. The minimum atomic E-state index is -0.0424. The fourth-order valence-corrected chi connectivity index (χ4v) is 2.65. The predicted octanol–water partition coefficient (Wildman–Crippen LogP) is 3.27. The van der Waals surface area contributed by atoms with Gasteiger partial charge in [0.2, 0.25) is 0 Å². The molecule has 1 aromatic heterocycles. The summed E-state index contributed by atoms with van der Waals surface area (Å²) in [5.74, 6) is 0.717. The molecule has 17 heavy (non-hydrogen) atoms. The molecule has 0 fully saturated rings. The highest BCUT2D eigenvalue weighted by Crippen LogP contribution is 2.34. The van der Waals surface area contributed by atoms with E-state index in [-0.39, 0.29) is 6.61 Å². The lowest BCUT2D eigenvalue weighted by atomic mass is 10.1. The fraction of sp³-hybridized carbons (Fsp3) is 0.250. The van der Waals surface area contributed by atoms with Crippen molar-refractivity contribution in [3.05, 3.63) is 33.1 Å². The summed E-state index contributed by atoms with van der Waals surface area (Å²) in [5, 5.41) is 10.4. The molecular formula is C12H12ClNO2S. The molecule has 2 rings (SSSR count). The molecule has 5 heteroatoms. The Kier molecular flexibility index (Phi) is 3.66. The average Bonchev–Trinajstić information content (AvgIpc) is 2.70. The second-order valence-electron chi connectivity index (χ2n) is 3.52. The number of hydrogen-bond donors (Lipinski definition) is 1. The van der Waals surface area contributed by atoms with Crippen molar-refractivity contribution in [2.45, 2.75) is 13.5 Å². The molecule has 0 aliphatic carbocycles. The molecule has 0 saturated carbocycles. The van der Waals surface area contributed by atoms with Gasteiger partial charge in [-0.25, -0.2) is 4.98 Å². The van der Waals surface area contributed by atoms with Gasteiger partial charge in [0.05, 0.1) is 24.4 Å². The van der Waals surface area contributed by atoms with Gasteiger partial charge in [-0.15, -0.1) is 11.3 Å². The molecule has 0 saturated heterocycles. The largest absolute Gasteiger partial charge is 0.497 e. The first-order valence-electron chi connectivity index (χ1n) is 5.06. The molecule has 0 radical (unpaired) electrons. The van der Waals surface area contributed by atoms with Crippen molar-refractivity contribution in [2.24, 2.45) is 0 Å². The van der Waals surface area contributed by atoms with Crippen LogP contribution in [0.1, 0.15) is 9.88 Å². The van der Waals surface area contributed by atoms with Crippen LogP contribution in [0.25, 0.3) is 11.3 Å². The lowest BCUT2D eigenvalue weighted by Gasteiger charge is -2.05. The molecule has 0 amide bonds. The van der Waals surface area contributed by atoms with Crippen LogP contribution in [0.5, 0.6) is 5.75 Å². The monoisotopic (exact) mass is 269 g/mol. The number of aliphatic hydroxyl groups excluding tert-OH is 1. The predicted molar refractivity (Wildman–Crippen MR) is 69.8 cm³/mol. The van der Waals surface area contributed by atoms with Gasteiger partial charge < -0.3 is 9.84 Å². The van der Waals surface area contributed by atoms with Crippen LogP contribution < -0.4 is 4.74 Å². The molecule has 90 valence electrons. The van der Waals surface area contributed by atoms with Gasteiger partial charge >= 0.3 is 0 Å². The van der Waals surface area contributed by atoms with Crippen LogP contribution in [0, 0.1) is 6.92 Å². The summed E-state index contributed by atoms with van der Waals surface area (Å²) in [5.41, 5.74) is 1.69. The number of aromatic nitrogens is 1. The van der Waals surface area contributed by atoms with E-state index < -0.39 is 0 Å². The maximum absolute atomic E-state index is 9.07. The molecule has 0 bridgehead atoms. The van der Waals surface area contributed by atoms with E-state index in [2.05, 4.69) is 4.98 Å². The quantitative estimate of drug-likeness (QED) is 0.930. The van der Waals surface area contributed by atoms with Crippen LogP contribution in [0.3, 0.4) is 0 Å². The minimum Gasteiger partial charge on any atom is -0.497 e. The third-order valence-electron chi connectivity index (χ3n) is 2.41. The highest BCUT2D eigenvalue weighted by molar-refractivity contribution is 7.12. The van der Waals surface area contributed by atoms with Crippen LogP contribution in [-0.4, -0.2) is 17.2 Å². The van der Waals surface area contributed by atoms with E-state index in [0.29, 0.717) is 15.8 Å². The number of rotatable bonds is 3. The van der Waals surface area contributed by atoms with E-state index in [9.17, 15) is 0 Å². The first kappa shape index (κ1) is 12.4. The van der Waals surface area contributed by atoms with Crippen LogP contribution in [0.4, 0.5) is 0 Å². The Morgan fingerprint density at radius 1 is 1.47 bits per heavy atom. The molecule has 0 aliphatic rings. The number of methoxy groups -OCH3 is 1. The topological polar surface area (TPSA) is 42.4 Å². The average molecular weight is 270 g/mol. The van der Waals surface area contributed by atoms with Crippen LogP contribution >= 0.6 is 22.9 Å². The Balaban J connectivity index is 2.48. The second kappa shape index (κ2) is 5.04. The molecule has 1 aromatic carbocycles. The number of hydrogen-bond acceptors (Lipinski definition) is 4. The minimum absolute atomic E-state index is 0.0424. The summed E-state index contributed by atoms with van der Waals surface area (Å²) in [7, 11) is 1.60. The zero-order valence-corrected chi connectivity index (χ0v) is 11.1.